The Labute approximate surface area is 200 Å². The van der Waals surface area contributed by atoms with Crippen LogP contribution in [0.1, 0.15) is 23.9 Å². The molecule has 7 nitrogen and oxygen atoms in total. The highest BCUT2D eigenvalue weighted by molar-refractivity contribution is 7.92. The number of aryl methyl sites for hydroxylation is 1. The number of rotatable bonds is 9. The molecule has 35 heavy (non-hydrogen) atoms. The molecule has 1 aromatic heterocycles. The standard InChI is InChI=1S/C24H22F3NO6S/c1-3-32-22(29)12-10-17-9-11-19(15-21(17)35(30,31)24(25,26)27)33-14-13-20-16(2)34-23(28-20)18-7-5-4-6-8-18/h4-12,15H,3,13-14H2,1-2H3. The number of sulfone groups is 1. The summed E-state index contributed by atoms with van der Waals surface area (Å²) in [6, 6.07) is 12.4. The SMILES string of the molecule is CCOC(=O)C=Cc1ccc(OCCc2nc(-c3ccccc3)oc2C)cc1S(=O)(=O)C(F)(F)F. The van der Waals surface area contributed by atoms with E-state index in [0.717, 1.165) is 29.8 Å². The van der Waals surface area contributed by atoms with Crippen molar-refractivity contribution >= 4 is 21.9 Å². The summed E-state index contributed by atoms with van der Waals surface area (Å²) < 4.78 is 79.9. The van der Waals surface area contributed by atoms with Gasteiger partial charge in [0, 0.05) is 18.1 Å². The Balaban J connectivity index is 1.80. The van der Waals surface area contributed by atoms with Crippen LogP contribution < -0.4 is 4.74 Å². The van der Waals surface area contributed by atoms with Crippen LogP contribution in [0.4, 0.5) is 13.2 Å². The van der Waals surface area contributed by atoms with E-state index in [0.29, 0.717) is 17.3 Å². The molecule has 3 rings (SSSR count). The average Bonchev–Trinajstić information content (AvgIpc) is 3.18. The number of nitrogens with zero attached hydrogens (tertiary/aromatic N) is 1. The van der Waals surface area contributed by atoms with Crippen molar-refractivity contribution in [1.82, 2.24) is 4.98 Å². The maximum atomic E-state index is 13.2. The first-order valence-corrected chi connectivity index (χ1v) is 12.0. The van der Waals surface area contributed by atoms with Gasteiger partial charge in [-0.15, -0.1) is 0 Å². The highest BCUT2D eigenvalue weighted by atomic mass is 32.2. The zero-order valence-electron chi connectivity index (χ0n) is 18.8. The molecule has 0 aliphatic heterocycles. The molecule has 1 heterocycles. The highest BCUT2D eigenvalue weighted by Crippen LogP contribution is 2.35. The van der Waals surface area contributed by atoms with Crippen LogP contribution in [-0.2, 0) is 25.8 Å². The molecule has 0 aliphatic rings. The van der Waals surface area contributed by atoms with Crippen molar-refractivity contribution in [1.29, 1.82) is 0 Å². The minimum atomic E-state index is -5.71. The van der Waals surface area contributed by atoms with Crippen LogP contribution in [-0.4, -0.2) is 38.1 Å². The first-order chi connectivity index (χ1) is 16.5. The molecular formula is C24H22F3NO6S. The van der Waals surface area contributed by atoms with Gasteiger partial charge in [-0.2, -0.15) is 13.2 Å². The molecule has 3 aromatic rings. The van der Waals surface area contributed by atoms with Gasteiger partial charge in [-0.25, -0.2) is 18.2 Å². The number of esters is 1. The van der Waals surface area contributed by atoms with E-state index in [2.05, 4.69) is 9.72 Å². The Morgan fingerprint density at radius 3 is 2.51 bits per heavy atom. The molecule has 0 spiro atoms. The van der Waals surface area contributed by atoms with Gasteiger partial charge in [0.05, 0.1) is 23.8 Å². The van der Waals surface area contributed by atoms with Gasteiger partial charge in [0.15, 0.2) is 0 Å². The summed E-state index contributed by atoms with van der Waals surface area (Å²) in [4.78, 5) is 14.9. The molecule has 0 saturated heterocycles. The fourth-order valence-corrected chi connectivity index (χ4v) is 4.04. The summed E-state index contributed by atoms with van der Waals surface area (Å²) in [6.45, 7) is 3.35. The summed E-state index contributed by atoms with van der Waals surface area (Å²) in [5.41, 5.74) is -4.48. The third kappa shape index (κ3) is 6.30. The van der Waals surface area contributed by atoms with Crippen molar-refractivity contribution in [3.63, 3.8) is 0 Å². The molecule has 2 aromatic carbocycles. The van der Waals surface area contributed by atoms with Crippen molar-refractivity contribution in [2.24, 2.45) is 0 Å². The number of benzene rings is 2. The number of aromatic nitrogens is 1. The Kier molecular flexibility index (Phi) is 8.00. The Morgan fingerprint density at radius 2 is 1.86 bits per heavy atom. The quantitative estimate of drug-likeness (QED) is 0.291. The lowest BCUT2D eigenvalue weighted by Crippen LogP contribution is -2.24. The number of hydrogen-bond donors (Lipinski definition) is 0. The smallest absolute Gasteiger partial charge is 0.493 e. The van der Waals surface area contributed by atoms with Crippen molar-refractivity contribution in [3.8, 4) is 17.2 Å². The zero-order valence-corrected chi connectivity index (χ0v) is 19.7. The van der Waals surface area contributed by atoms with E-state index >= 15 is 0 Å². The third-order valence-corrected chi connectivity index (χ3v) is 6.33. The second-order valence-corrected chi connectivity index (χ2v) is 9.13. The molecule has 186 valence electrons. The molecule has 0 unspecified atom stereocenters. The predicted octanol–water partition coefficient (Wildman–Crippen LogP) is 5.14. The van der Waals surface area contributed by atoms with E-state index in [9.17, 15) is 26.4 Å². The third-order valence-electron chi connectivity index (χ3n) is 4.79. The van der Waals surface area contributed by atoms with Crippen LogP contribution in [0.25, 0.3) is 17.5 Å². The van der Waals surface area contributed by atoms with Gasteiger partial charge in [-0.05, 0) is 55.8 Å². The molecular weight excluding hydrogens is 487 g/mol. The van der Waals surface area contributed by atoms with E-state index in [1.807, 2.05) is 30.3 Å². The minimum absolute atomic E-state index is 0.00508. The second kappa shape index (κ2) is 10.8. The lowest BCUT2D eigenvalue weighted by atomic mass is 10.2. The Bertz CT molecular complexity index is 1310. The summed E-state index contributed by atoms with van der Waals surface area (Å²) in [5, 5.41) is 0. The number of alkyl halides is 3. The van der Waals surface area contributed by atoms with Gasteiger partial charge in [-0.1, -0.05) is 18.2 Å². The topological polar surface area (TPSA) is 95.7 Å². The van der Waals surface area contributed by atoms with Gasteiger partial charge < -0.3 is 13.9 Å². The first-order valence-electron chi connectivity index (χ1n) is 10.5. The summed E-state index contributed by atoms with van der Waals surface area (Å²) in [7, 11) is -5.71. The summed E-state index contributed by atoms with van der Waals surface area (Å²) >= 11 is 0. The molecule has 0 fully saturated rings. The number of carbonyl (C=O) groups excluding carboxylic acids is 1. The second-order valence-electron chi connectivity index (χ2n) is 7.22. The van der Waals surface area contributed by atoms with Crippen LogP contribution in [0.3, 0.4) is 0 Å². The lowest BCUT2D eigenvalue weighted by molar-refractivity contribution is -0.137. The van der Waals surface area contributed by atoms with E-state index in [-0.39, 0.29) is 30.9 Å². The van der Waals surface area contributed by atoms with Gasteiger partial charge in [0.25, 0.3) is 9.84 Å². The molecule has 11 heteroatoms. The number of carbonyl (C=O) groups is 1. The van der Waals surface area contributed by atoms with Crippen molar-refractivity contribution in [3.05, 3.63) is 71.6 Å². The summed E-state index contributed by atoms with van der Waals surface area (Å²) in [6.07, 6.45) is 2.07. The largest absolute Gasteiger partial charge is 0.501 e. The van der Waals surface area contributed by atoms with E-state index in [1.54, 1.807) is 13.8 Å². The fraction of sp³-hybridized carbons (Fsp3) is 0.250. The minimum Gasteiger partial charge on any atom is -0.493 e. The van der Waals surface area contributed by atoms with Gasteiger partial charge in [-0.3, -0.25) is 0 Å². The molecule has 0 aliphatic carbocycles. The molecule has 0 amide bonds. The Morgan fingerprint density at radius 1 is 1.14 bits per heavy atom. The monoisotopic (exact) mass is 509 g/mol. The summed E-state index contributed by atoms with van der Waals surface area (Å²) in [5.74, 6) is 0.0771. The van der Waals surface area contributed by atoms with E-state index in [4.69, 9.17) is 9.15 Å². The van der Waals surface area contributed by atoms with E-state index < -0.39 is 26.2 Å². The van der Waals surface area contributed by atoms with Crippen molar-refractivity contribution in [2.45, 2.75) is 30.7 Å². The fourth-order valence-electron chi connectivity index (χ4n) is 3.08. The van der Waals surface area contributed by atoms with Crippen LogP contribution in [0.5, 0.6) is 5.75 Å². The highest BCUT2D eigenvalue weighted by Gasteiger charge is 2.47. The molecule has 0 saturated carbocycles. The van der Waals surface area contributed by atoms with Crippen LogP contribution in [0.15, 0.2) is 63.9 Å². The van der Waals surface area contributed by atoms with Crippen LogP contribution in [0, 0.1) is 6.92 Å². The Hall–Kier alpha value is -3.60. The molecule has 0 N–H and O–H groups in total. The van der Waals surface area contributed by atoms with Gasteiger partial charge in [0.2, 0.25) is 5.89 Å². The normalized spacial score (nSPS) is 12.1. The van der Waals surface area contributed by atoms with E-state index in [1.165, 1.54) is 6.07 Å². The van der Waals surface area contributed by atoms with Crippen LogP contribution in [0.2, 0.25) is 0 Å². The zero-order chi connectivity index (χ0) is 25.6. The molecule has 0 atom stereocenters. The lowest BCUT2D eigenvalue weighted by Gasteiger charge is -2.13. The molecule has 0 radical (unpaired) electrons. The first kappa shape index (κ1) is 26.0. The average molecular weight is 510 g/mol. The van der Waals surface area contributed by atoms with Crippen LogP contribution >= 0.6 is 0 Å². The van der Waals surface area contributed by atoms with Crippen molar-refractivity contribution in [2.75, 3.05) is 13.2 Å². The van der Waals surface area contributed by atoms with Gasteiger partial charge >= 0.3 is 11.5 Å². The van der Waals surface area contributed by atoms with Crippen molar-refractivity contribution < 1.29 is 40.3 Å². The number of halogens is 3. The number of hydrogen-bond acceptors (Lipinski definition) is 7. The predicted molar refractivity (Wildman–Crippen MR) is 121 cm³/mol. The number of ether oxygens (including phenoxy) is 2. The number of oxazole rings is 1. The van der Waals surface area contributed by atoms with Gasteiger partial charge in [0.1, 0.15) is 11.5 Å². The molecule has 0 bridgehead atoms. The maximum Gasteiger partial charge on any atom is 0.501 e. The maximum absolute atomic E-state index is 13.2.